The minimum atomic E-state index is -0.00497. The monoisotopic (exact) mass is 291 g/mol. The maximum absolute atomic E-state index is 12.6. The van der Waals surface area contributed by atoms with Crippen molar-refractivity contribution in [3.05, 3.63) is 72.0 Å². The first-order valence-corrected chi connectivity index (χ1v) is 7.64. The van der Waals surface area contributed by atoms with Crippen molar-refractivity contribution < 1.29 is 9.21 Å². The standard InChI is InChI=1S/C19H17NO2/c21-19(18-12-15-8-4-5-9-17(15)22-18)20-11-10-16(13-20)14-6-2-1-3-7-14/h1-9,12,16H,10-11,13H2/t16-/m1/s1. The average Bonchev–Trinajstić information content (AvgIpc) is 3.22. The molecule has 0 saturated carbocycles. The molecule has 22 heavy (non-hydrogen) atoms. The van der Waals surface area contributed by atoms with Gasteiger partial charge in [0.15, 0.2) is 5.76 Å². The third-order valence-corrected chi connectivity index (χ3v) is 4.38. The minimum absolute atomic E-state index is 0.00497. The minimum Gasteiger partial charge on any atom is -0.451 e. The third-order valence-electron chi connectivity index (χ3n) is 4.38. The molecule has 110 valence electrons. The van der Waals surface area contributed by atoms with Crippen LogP contribution in [-0.4, -0.2) is 23.9 Å². The molecule has 4 rings (SSSR count). The molecular formula is C19H17NO2. The van der Waals surface area contributed by atoms with Gasteiger partial charge in [-0.1, -0.05) is 48.5 Å². The first kappa shape index (κ1) is 13.1. The number of likely N-dealkylation sites (tertiary alicyclic amines) is 1. The molecule has 1 fully saturated rings. The molecule has 1 aromatic heterocycles. The maximum Gasteiger partial charge on any atom is 0.289 e. The number of furan rings is 1. The van der Waals surface area contributed by atoms with Crippen molar-refractivity contribution in [3.8, 4) is 0 Å². The van der Waals surface area contributed by atoms with Gasteiger partial charge in [0, 0.05) is 24.4 Å². The quantitative estimate of drug-likeness (QED) is 0.713. The second-order valence-corrected chi connectivity index (χ2v) is 5.80. The Balaban J connectivity index is 1.54. The van der Waals surface area contributed by atoms with E-state index in [4.69, 9.17) is 4.42 Å². The number of benzene rings is 2. The number of rotatable bonds is 2. The predicted octanol–water partition coefficient (Wildman–Crippen LogP) is 4.06. The highest BCUT2D eigenvalue weighted by Gasteiger charge is 2.29. The number of hydrogen-bond acceptors (Lipinski definition) is 2. The van der Waals surface area contributed by atoms with E-state index >= 15 is 0 Å². The first-order valence-electron chi connectivity index (χ1n) is 7.64. The summed E-state index contributed by atoms with van der Waals surface area (Å²) in [4.78, 5) is 14.5. The lowest BCUT2D eigenvalue weighted by Gasteiger charge is -2.15. The van der Waals surface area contributed by atoms with Crippen molar-refractivity contribution in [2.75, 3.05) is 13.1 Å². The van der Waals surface area contributed by atoms with Gasteiger partial charge in [-0.3, -0.25) is 4.79 Å². The summed E-state index contributed by atoms with van der Waals surface area (Å²) in [6, 6.07) is 20.0. The molecule has 2 heterocycles. The summed E-state index contributed by atoms with van der Waals surface area (Å²) in [5.74, 6) is 0.860. The molecule has 3 heteroatoms. The van der Waals surface area contributed by atoms with Crippen LogP contribution in [0.2, 0.25) is 0 Å². The molecule has 3 aromatic rings. The van der Waals surface area contributed by atoms with Crippen LogP contribution in [0.25, 0.3) is 11.0 Å². The van der Waals surface area contributed by atoms with Gasteiger partial charge in [0.05, 0.1) is 0 Å². The molecule has 2 aromatic carbocycles. The molecule has 1 saturated heterocycles. The van der Waals surface area contributed by atoms with Gasteiger partial charge >= 0.3 is 0 Å². The van der Waals surface area contributed by atoms with E-state index in [1.807, 2.05) is 41.3 Å². The number of carbonyl (C=O) groups is 1. The Bertz CT molecular complexity index is 773. The lowest BCUT2D eigenvalue weighted by Crippen LogP contribution is -2.28. The summed E-state index contributed by atoms with van der Waals surface area (Å²) in [5.41, 5.74) is 2.08. The summed E-state index contributed by atoms with van der Waals surface area (Å²) in [6.45, 7) is 1.55. The molecular weight excluding hydrogens is 274 g/mol. The van der Waals surface area contributed by atoms with E-state index < -0.39 is 0 Å². The van der Waals surface area contributed by atoms with E-state index in [-0.39, 0.29) is 5.91 Å². The predicted molar refractivity (Wildman–Crippen MR) is 85.9 cm³/mol. The lowest BCUT2D eigenvalue weighted by atomic mass is 9.99. The Morgan fingerprint density at radius 3 is 2.64 bits per heavy atom. The zero-order valence-electron chi connectivity index (χ0n) is 12.2. The van der Waals surface area contributed by atoms with Gasteiger partial charge in [-0.25, -0.2) is 0 Å². The van der Waals surface area contributed by atoms with E-state index in [9.17, 15) is 4.79 Å². The third kappa shape index (κ3) is 2.29. The van der Waals surface area contributed by atoms with E-state index in [1.165, 1.54) is 5.56 Å². The molecule has 1 aliphatic heterocycles. The Labute approximate surface area is 129 Å². The average molecular weight is 291 g/mol. The second kappa shape index (κ2) is 5.34. The zero-order chi connectivity index (χ0) is 14.9. The number of hydrogen-bond donors (Lipinski definition) is 0. The maximum atomic E-state index is 12.6. The summed E-state index contributed by atoms with van der Waals surface area (Å²) in [6.07, 6.45) is 1.01. The summed E-state index contributed by atoms with van der Waals surface area (Å²) >= 11 is 0. The van der Waals surface area contributed by atoms with Crippen molar-refractivity contribution in [1.82, 2.24) is 4.90 Å². The summed E-state index contributed by atoms with van der Waals surface area (Å²) in [5, 5.41) is 0.977. The zero-order valence-corrected chi connectivity index (χ0v) is 12.2. The smallest absolute Gasteiger partial charge is 0.289 e. The van der Waals surface area contributed by atoms with Crippen LogP contribution in [0.15, 0.2) is 65.1 Å². The first-order chi connectivity index (χ1) is 10.8. The fourth-order valence-electron chi connectivity index (χ4n) is 3.19. The summed E-state index contributed by atoms with van der Waals surface area (Å²) in [7, 11) is 0. The summed E-state index contributed by atoms with van der Waals surface area (Å²) < 4.78 is 5.69. The molecule has 0 bridgehead atoms. The van der Waals surface area contributed by atoms with Crippen LogP contribution in [0.4, 0.5) is 0 Å². The highest BCUT2D eigenvalue weighted by atomic mass is 16.3. The fourth-order valence-corrected chi connectivity index (χ4v) is 3.19. The number of nitrogens with zero attached hydrogens (tertiary/aromatic N) is 1. The SMILES string of the molecule is O=C(c1cc2ccccc2o1)N1CC[C@@H](c2ccccc2)C1. The highest BCUT2D eigenvalue weighted by Crippen LogP contribution is 2.29. The Kier molecular flexibility index (Phi) is 3.19. The fraction of sp³-hybridized carbons (Fsp3) is 0.211. The molecule has 0 unspecified atom stereocenters. The Morgan fingerprint density at radius 1 is 1.05 bits per heavy atom. The van der Waals surface area contributed by atoms with Crippen LogP contribution in [-0.2, 0) is 0 Å². The van der Waals surface area contributed by atoms with Crippen LogP contribution in [0.1, 0.15) is 28.5 Å². The normalized spacial score (nSPS) is 18.0. The van der Waals surface area contributed by atoms with E-state index in [1.54, 1.807) is 0 Å². The Morgan fingerprint density at radius 2 is 1.82 bits per heavy atom. The van der Waals surface area contributed by atoms with E-state index in [0.717, 1.165) is 30.5 Å². The van der Waals surface area contributed by atoms with Gasteiger partial charge in [-0.2, -0.15) is 0 Å². The number of fused-ring (bicyclic) bond motifs is 1. The molecule has 1 atom stereocenters. The van der Waals surface area contributed by atoms with Crippen molar-refractivity contribution in [2.24, 2.45) is 0 Å². The van der Waals surface area contributed by atoms with Crippen LogP contribution in [0, 0.1) is 0 Å². The van der Waals surface area contributed by atoms with Crippen LogP contribution in [0.5, 0.6) is 0 Å². The van der Waals surface area contributed by atoms with Gasteiger partial charge in [0.25, 0.3) is 5.91 Å². The van der Waals surface area contributed by atoms with Gasteiger partial charge in [0.1, 0.15) is 5.58 Å². The molecule has 3 nitrogen and oxygen atoms in total. The van der Waals surface area contributed by atoms with Gasteiger partial charge in [-0.05, 0) is 24.1 Å². The van der Waals surface area contributed by atoms with Crippen LogP contribution in [0.3, 0.4) is 0 Å². The van der Waals surface area contributed by atoms with Crippen molar-refractivity contribution in [3.63, 3.8) is 0 Å². The topological polar surface area (TPSA) is 33.5 Å². The molecule has 0 N–H and O–H groups in total. The van der Waals surface area contributed by atoms with E-state index in [0.29, 0.717) is 11.7 Å². The van der Waals surface area contributed by atoms with E-state index in [2.05, 4.69) is 24.3 Å². The highest BCUT2D eigenvalue weighted by molar-refractivity contribution is 5.96. The molecule has 0 aliphatic carbocycles. The molecule has 0 radical (unpaired) electrons. The number of amides is 1. The molecule has 0 spiro atoms. The molecule has 1 aliphatic rings. The largest absolute Gasteiger partial charge is 0.451 e. The number of para-hydroxylation sites is 1. The van der Waals surface area contributed by atoms with Gasteiger partial charge in [-0.15, -0.1) is 0 Å². The lowest BCUT2D eigenvalue weighted by molar-refractivity contribution is 0.0761. The van der Waals surface area contributed by atoms with Gasteiger partial charge in [0.2, 0.25) is 0 Å². The number of carbonyl (C=O) groups excluding carboxylic acids is 1. The van der Waals surface area contributed by atoms with Crippen molar-refractivity contribution >= 4 is 16.9 Å². The Hall–Kier alpha value is -2.55. The van der Waals surface area contributed by atoms with Crippen molar-refractivity contribution in [1.29, 1.82) is 0 Å². The van der Waals surface area contributed by atoms with Gasteiger partial charge < -0.3 is 9.32 Å². The van der Waals surface area contributed by atoms with Crippen molar-refractivity contribution in [2.45, 2.75) is 12.3 Å². The second-order valence-electron chi connectivity index (χ2n) is 5.80. The van der Waals surface area contributed by atoms with Crippen LogP contribution >= 0.6 is 0 Å². The van der Waals surface area contributed by atoms with Crippen LogP contribution < -0.4 is 0 Å². The molecule has 1 amide bonds.